The minimum Gasteiger partial charge on any atom is -0.390 e. The molecular weight excluding hydrogens is 310 g/mol. The molecule has 2 aromatic rings. The molecule has 1 amide bonds. The Balaban J connectivity index is 1.42. The maximum absolute atomic E-state index is 12.4. The van der Waals surface area contributed by atoms with Gasteiger partial charge in [-0.05, 0) is 12.8 Å². The number of amides is 1. The lowest BCUT2D eigenvalue weighted by Crippen LogP contribution is -2.38. The second-order valence-corrected chi connectivity index (χ2v) is 6.46. The number of nitrogens with one attached hydrogen (secondary N) is 1. The predicted molar refractivity (Wildman–Crippen MR) is 84.1 cm³/mol. The summed E-state index contributed by atoms with van der Waals surface area (Å²) < 4.78 is 2.23. The molecule has 1 atom stereocenters. The van der Waals surface area contributed by atoms with Gasteiger partial charge in [-0.1, -0.05) is 0 Å². The van der Waals surface area contributed by atoms with E-state index in [1.807, 2.05) is 12.4 Å². The third-order valence-electron chi connectivity index (χ3n) is 4.55. The molecule has 1 aliphatic heterocycles. The van der Waals surface area contributed by atoms with Gasteiger partial charge in [-0.15, -0.1) is 0 Å². The Hall–Kier alpha value is -2.26. The van der Waals surface area contributed by atoms with E-state index >= 15 is 0 Å². The van der Waals surface area contributed by atoms with Gasteiger partial charge in [0, 0.05) is 44.6 Å². The highest BCUT2D eigenvalue weighted by Crippen LogP contribution is 2.35. The highest BCUT2D eigenvalue weighted by atomic mass is 16.3. The van der Waals surface area contributed by atoms with Crippen molar-refractivity contribution in [2.24, 2.45) is 0 Å². The molecule has 9 nitrogen and oxygen atoms in total. The first-order valence-electron chi connectivity index (χ1n) is 8.27. The maximum atomic E-state index is 12.4. The molecule has 2 fully saturated rings. The maximum Gasteiger partial charge on any atom is 0.291 e. The number of hydrogen-bond acceptors (Lipinski definition) is 6. The molecule has 1 saturated heterocycles. The van der Waals surface area contributed by atoms with E-state index in [-0.39, 0.29) is 11.7 Å². The quantitative estimate of drug-likeness (QED) is 0.794. The highest BCUT2D eigenvalue weighted by molar-refractivity contribution is 5.90. The van der Waals surface area contributed by atoms with Crippen molar-refractivity contribution in [3.8, 4) is 0 Å². The largest absolute Gasteiger partial charge is 0.390 e. The molecule has 2 N–H and O–H groups in total. The van der Waals surface area contributed by atoms with Crippen LogP contribution in [0.1, 0.15) is 35.3 Å². The molecule has 0 unspecified atom stereocenters. The summed E-state index contributed by atoms with van der Waals surface area (Å²) in [4.78, 5) is 24.5. The van der Waals surface area contributed by atoms with Crippen molar-refractivity contribution >= 4 is 5.91 Å². The van der Waals surface area contributed by atoms with E-state index in [4.69, 9.17) is 0 Å². The van der Waals surface area contributed by atoms with Crippen LogP contribution in [0.3, 0.4) is 0 Å². The Morgan fingerprint density at radius 3 is 2.92 bits per heavy atom. The molecule has 2 aromatic heterocycles. The molecule has 1 saturated carbocycles. The number of carbonyl (C=O) groups is 1. The van der Waals surface area contributed by atoms with Gasteiger partial charge in [-0.3, -0.25) is 14.8 Å². The van der Waals surface area contributed by atoms with Gasteiger partial charge in [0.1, 0.15) is 12.2 Å². The van der Waals surface area contributed by atoms with Crippen molar-refractivity contribution in [2.75, 3.05) is 26.2 Å². The molecule has 0 aromatic carbocycles. The number of carbonyl (C=O) groups excluding carboxylic acids is 1. The van der Waals surface area contributed by atoms with Crippen LogP contribution in [-0.2, 0) is 6.54 Å². The van der Waals surface area contributed by atoms with Gasteiger partial charge in [0.2, 0.25) is 5.82 Å². The number of rotatable bonds is 4. The molecule has 24 heavy (non-hydrogen) atoms. The van der Waals surface area contributed by atoms with Gasteiger partial charge in [-0.25, -0.2) is 9.97 Å². The van der Waals surface area contributed by atoms with Crippen molar-refractivity contribution in [1.82, 2.24) is 34.5 Å². The summed E-state index contributed by atoms with van der Waals surface area (Å²) in [6.07, 6.45) is 7.01. The van der Waals surface area contributed by atoms with Crippen molar-refractivity contribution in [3.63, 3.8) is 0 Å². The van der Waals surface area contributed by atoms with Gasteiger partial charge in [-0.2, -0.15) is 5.10 Å². The Labute approximate surface area is 139 Å². The molecular formula is C15H21N7O2. The molecule has 1 aliphatic carbocycles. The zero-order valence-corrected chi connectivity index (χ0v) is 13.4. The van der Waals surface area contributed by atoms with Crippen LogP contribution in [0.5, 0.6) is 0 Å². The zero-order valence-electron chi connectivity index (χ0n) is 13.4. The van der Waals surface area contributed by atoms with Crippen LogP contribution in [0.15, 0.2) is 18.7 Å². The van der Waals surface area contributed by atoms with Crippen LogP contribution in [0.2, 0.25) is 0 Å². The second-order valence-electron chi connectivity index (χ2n) is 6.46. The highest BCUT2D eigenvalue weighted by Gasteiger charge is 2.29. The Kier molecular flexibility index (Phi) is 4.03. The van der Waals surface area contributed by atoms with Crippen LogP contribution in [0.4, 0.5) is 0 Å². The minimum absolute atomic E-state index is 0.208. The smallest absolute Gasteiger partial charge is 0.291 e. The zero-order chi connectivity index (χ0) is 16.5. The standard InChI is InChI=1S/C15H21N7O2/c23-12-7-20(9-13-16-3-4-22(13)11-1-2-11)5-6-21(8-12)15(24)14-17-10-18-19-14/h3-4,10-12,23H,1-2,5-9H2,(H,17,18,19)/t12-/m0/s1. The lowest BCUT2D eigenvalue weighted by atomic mass is 10.3. The first-order chi connectivity index (χ1) is 11.7. The van der Waals surface area contributed by atoms with Gasteiger partial charge in [0.15, 0.2) is 0 Å². The Bertz CT molecular complexity index is 695. The number of β-amino-alcohol motifs (C(OH)–C–C–N with tert-alkyl or cyclic N) is 1. The number of nitrogens with zero attached hydrogens (tertiary/aromatic N) is 6. The molecule has 0 bridgehead atoms. The molecule has 0 radical (unpaired) electrons. The van der Waals surface area contributed by atoms with Crippen molar-refractivity contribution in [2.45, 2.75) is 31.5 Å². The Morgan fingerprint density at radius 1 is 1.29 bits per heavy atom. The molecule has 2 aliphatic rings. The lowest BCUT2D eigenvalue weighted by molar-refractivity contribution is 0.0651. The summed E-state index contributed by atoms with van der Waals surface area (Å²) in [5.74, 6) is 1.01. The first kappa shape index (κ1) is 15.3. The third kappa shape index (κ3) is 3.17. The summed E-state index contributed by atoms with van der Waals surface area (Å²) in [6, 6.07) is 0.587. The summed E-state index contributed by atoms with van der Waals surface area (Å²) in [5.41, 5.74) is 0. The second kappa shape index (κ2) is 6.33. The van der Waals surface area contributed by atoms with Crippen LogP contribution in [0, 0.1) is 0 Å². The van der Waals surface area contributed by atoms with E-state index in [9.17, 15) is 9.90 Å². The number of imidazole rings is 1. The van der Waals surface area contributed by atoms with E-state index in [1.54, 1.807) is 4.90 Å². The summed E-state index contributed by atoms with van der Waals surface area (Å²) in [7, 11) is 0. The normalized spacial score (nSPS) is 22.5. The topological polar surface area (TPSA) is 103 Å². The molecule has 3 heterocycles. The van der Waals surface area contributed by atoms with Crippen molar-refractivity contribution in [1.29, 1.82) is 0 Å². The molecule has 128 valence electrons. The summed E-state index contributed by atoms with van der Waals surface area (Å²) >= 11 is 0. The van der Waals surface area contributed by atoms with Gasteiger partial charge in [0.05, 0.1) is 12.6 Å². The predicted octanol–water partition coefficient (Wildman–Crippen LogP) is -0.345. The van der Waals surface area contributed by atoms with E-state index in [2.05, 4.69) is 29.6 Å². The lowest BCUT2D eigenvalue weighted by Gasteiger charge is -2.21. The number of aliphatic hydroxyl groups is 1. The van der Waals surface area contributed by atoms with E-state index < -0.39 is 6.10 Å². The number of aromatic nitrogens is 5. The van der Waals surface area contributed by atoms with E-state index in [1.165, 1.54) is 19.2 Å². The molecule has 4 rings (SSSR count). The average molecular weight is 331 g/mol. The van der Waals surface area contributed by atoms with Crippen LogP contribution < -0.4 is 0 Å². The number of H-pyrrole nitrogens is 1. The first-order valence-corrected chi connectivity index (χ1v) is 8.27. The van der Waals surface area contributed by atoms with Crippen LogP contribution >= 0.6 is 0 Å². The fourth-order valence-corrected chi connectivity index (χ4v) is 3.19. The van der Waals surface area contributed by atoms with E-state index in [0.29, 0.717) is 38.8 Å². The third-order valence-corrected chi connectivity index (χ3v) is 4.55. The minimum atomic E-state index is -0.594. The van der Waals surface area contributed by atoms with Crippen LogP contribution in [0.25, 0.3) is 0 Å². The Morgan fingerprint density at radius 2 is 2.17 bits per heavy atom. The van der Waals surface area contributed by atoms with Gasteiger partial charge < -0.3 is 14.6 Å². The monoisotopic (exact) mass is 331 g/mol. The SMILES string of the molecule is O=C(c1ncn[nH]1)N1CCN(Cc2nccn2C2CC2)C[C@H](O)C1. The summed E-state index contributed by atoms with van der Waals surface area (Å²) in [6.45, 7) is 2.74. The molecule has 0 spiro atoms. The fraction of sp³-hybridized carbons (Fsp3) is 0.600. The number of hydrogen-bond donors (Lipinski definition) is 2. The van der Waals surface area contributed by atoms with E-state index in [0.717, 1.165) is 5.82 Å². The van der Waals surface area contributed by atoms with Gasteiger partial charge >= 0.3 is 0 Å². The van der Waals surface area contributed by atoms with Gasteiger partial charge in [0.25, 0.3) is 5.91 Å². The van der Waals surface area contributed by atoms with Crippen molar-refractivity contribution in [3.05, 3.63) is 30.4 Å². The summed E-state index contributed by atoms with van der Waals surface area (Å²) in [5, 5.41) is 16.6. The number of aromatic amines is 1. The molecule has 9 heteroatoms. The average Bonchev–Trinajstić information content (AvgIpc) is 3.12. The van der Waals surface area contributed by atoms with Crippen molar-refractivity contribution < 1.29 is 9.90 Å². The van der Waals surface area contributed by atoms with Crippen LogP contribution in [-0.4, -0.2) is 77.8 Å². The fourth-order valence-electron chi connectivity index (χ4n) is 3.19. The number of aliphatic hydroxyl groups excluding tert-OH is 1.